The van der Waals surface area contributed by atoms with Gasteiger partial charge in [-0.15, -0.1) is 0 Å². The van der Waals surface area contributed by atoms with Crippen molar-refractivity contribution in [1.82, 2.24) is 5.32 Å². The van der Waals surface area contributed by atoms with Gasteiger partial charge in [0.05, 0.1) is 17.0 Å². The average molecular weight is 273 g/mol. The summed E-state index contributed by atoms with van der Waals surface area (Å²) in [5.41, 5.74) is 6.22. The number of hydrogen-bond donors (Lipinski definition) is 3. The topological polar surface area (TPSA) is 110 Å². The van der Waals surface area contributed by atoms with E-state index in [1.165, 1.54) is 18.2 Å². The summed E-state index contributed by atoms with van der Waals surface area (Å²) in [6, 6.07) is 4.15. The molecule has 0 fully saturated rings. The minimum atomic E-state index is -0.482. The molecule has 20 heavy (non-hydrogen) atoms. The van der Waals surface area contributed by atoms with Gasteiger partial charge in [-0.05, 0) is 6.07 Å². The first kappa shape index (κ1) is 11.2. The molecule has 1 aromatic heterocycles. The highest BCUT2D eigenvalue weighted by Gasteiger charge is 2.35. The van der Waals surface area contributed by atoms with Crippen LogP contribution >= 0.6 is 0 Å². The first-order chi connectivity index (χ1) is 9.61. The van der Waals surface area contributed by atoms with Crippen LogP contribution in [0.2, 0.25) is 0 Å². The maximum atomic E-state index is 11.5. The molecule has 2 aliphatic heterocycles. The van der Waals surface area contributed by atoms with Crippen LogP contribution in [0.25, 0.3) is 11.0 Å². The van der Waals surface area contributed by atoms with Gasteiger partial charge in [0.1, 0.15) is 11.5 Å². The van der Waals surface area contributed by atoms with Crippen LogP contribution in [0.5, 0.6) is 11.5 Å². The molecule has 102 valence electrons. The molecule has 2 atom stereocenters. The lowest BCUT2D eigenvalue weighted by Crippen LogP contribution is -2.45. The minimum absolute atomic E-state index is 0.000532. The molecule has 7 nitrogen and oxygen atoms in total. The number of nitrogens with zero attached hydrogens (tertiary/aromatic N) is 1. The van der Waals surface area contributed by atoms with Crippen molar-refractivity contribution in [3.05, 3.63) is 34.2 Å². The molecule has 2 unspecified atom stereocenters. The van der Waals surface area contributed by atoms with Crippen LogP contribution in [0, 0.1) is 0 Å². The zero-order chi connectivity index (χ0) is 13.9. The van der Waals surface area contributed by atoms with Gasteiger partial charge in [-0.1, -0.05) is 0 Å². The van der Waals surface area contributed by atoms with E-state index in [9.17, 15) is 9.90 Å². The van der Waals surface area contributed by atoms with E-state index in [-0.39, 0.29) is 24.0 Å². The lowest BCUT2D eigenvalue weighted by Gasteiger charge is -2.35. The van der Waals surface area contributed by atoms with Gasteiger partial charge in [0, 0.05) is 18.6 Å². The molecule has 7 heteroatoms. The second-order valence-electron chi connectivity index (χ2n) is 4.82. The molecule has 3 heterocycles. The summed E-state index contributed by atoms with van der Waals surface area (Å²) in [5.74, 6) is 0.741. The highest BCUT2D eigenvalue weighted by molar-refractivity contribution is 5.90. The van der Waals surface area contributed by atoms with E-state index in [1.807, 2.05) is 0 Å². The van der Waals surface area contributed by atoms with Gasteiger partial charge in [0.15, 0.2) is 17.8 Å². The maximum Gasteiger partial charge on any atom is 0.336 e. The summed E-state index contributed by atoms with van der Waals surface area (Å²) < 4.78 is 10.9. The third kappa shape index (κ3) is 1.46. The smallest absolute Gasteiger partial charge is 0.336 e. The van der Waals surface area contributed by atoms with E-state index in [1.54, 1.807) is 0 Å². The van der Waals surface area contributed by atoms with E-state index in [4.69, 9.17) is 14.9 Å². The van der Waals surface area contributed by atoms with Gasteiger partial charge in [0.2, 0.25) is 0 Å². The molecule has 2 bridgehead atoms. The van der Waals surface area contributed by atoms with Crippen molar-refractivity contribution in [3.8, 4) is 11.5 Å². The first-order valence-electron chi connectivity index (χ1n) is 6.18. The molecule has 0 aliphatic carbocycles. The number of guanidine groups is 1. The van der Waals surface area contributed by atoms with Crippen LogP contribution in [0.3, 0.4) is 0 Å². The van der Waals surface area contributed by atoms with E-state index in [0.29, 0.717) is 28.7 Å². The third-order valence-electron chi connectivity index (χ3n) is 3.54. The van der Waals surface area contributed by atoms with E-state index in [0.717, 1.165) is 0 Å². The van der Waals surface area contributed by atoms with E-state index < -0.39 is 5.63 Å². The Balaban J connectivity index is 2.05. The van der Waals surface area contributed by atoms with Crippen molar-refractivity contribution in [3.63, 3.8) is 0 Å². The Bertz CT molecular complexity index is 811. The first-order valence-corrected chi connectivity index (χ1v) is 6.18. The summed E-state index contributed by atoms with van der Waals surface area (Å²) >= 11 is 0. The fraction of sp³-hybridized carbons (Fsp3) is 0.231. The molecule has 1 aromatic carbocycles. The van der Waals surface area contributed by atoms with Crippen molar-refractivity contribution in [2.75, 3.05) is 0 Å². The quantitative estimate of drug-likeness (QED) is 0.605. The van der Waals surface area contributed by atoms with E-state index >= 15 is 0 Å². The van der Waals surface area contributed by atoms with Crippen LogP contribution in [0.4, 0.5) is 0 Å². The average Bonchev–Trinajstić information content (AvgIpc) is 2.37. The minimum Gasteiger partial charge on any atom is -0.507 e. The molecule has 4 N–H and O–H groups in total. The Kier molecular flexibility index (Phi) is 2.04. The van der Waals surface area contributed by atoms with Crippen molar-refractivity contribution in [2.45, 2.75) is 18.7 Å². The molecule has 0 radical (unpaired) electrons. The summed E-state index contributed by atoms with van der Waals surface area (Å²) in [6.45, 7) is 0. The monoisotopic (exact) mass is 273 g/mol. The summed E-state index contributed by atoms with van der Waals surface area (Å²) in [7, 11) is 0. The highest BCUT2D eigenvalue weighted by Crippen LogP contribution is 2.44. The van der Waals surface area contributed by atoms with Crippen molar-refractivity contribution in [2.24, 2.45) is 10.7 Å². The Morgan fingerprint density at radius 3 is 3.15 bits per heavy atom. The molecule has 0 amide bonds. The number of fused-ring (bicyclic) bond motifs is 6. The SMILES string of the molecule is NC1=NC2CC(N1)c1c(cc(O)c3ccc(=O)oc13)O2. The normalized spacial score (nSPS) is 23.5. The molecular weight excluding hydrogens is 262 g/mol. The van der Waals surface area contributed by atoms with Gasteiger partial charge in [-0.25, -0.2) is 9.79 Å². The number of nitrogens with two attached hydrogens (primary N) is 1. The Hall–Kier alpha value is -2.70. The van der Waals surface area contributed by atoms with Crippen LogP contribution < -0.4 is 21.4 Å². The van der Waals surface area contributed by atoms with Gasteiger partial charge in [-0.2, -0.15) is 0 Å². The van der Waals surface area contributed by atoms with Crippen LogP contribution in [0.1, 0.15) is 18.0 Å². The lowest BCUT2D eigenvalue weighted by molar-refractivity contribution is 0.153. The number of phenols is 1. The Morgan fingerprint density at radius 1 is 1.45 bits per heavy atom. The van der Waals surface area contributed by atoms with Crippen molar-refractivity contribution >= 4 is 16.9 Å². The number of nitrogens with one attached hydrogen (secondary N) is 1. The summed E-state index contributed by atoms with van der Waals surface area (Å²) in [5, 5.41) is 13.5. The Morgan fingerprint density at radius 2 is 2.30 bits per heavy atom. The number of aliphatic imine (C=N–C) groups is 1. The molecule has 4 rings (SSSR count). The number of hydrogen-bond acceptors (Lipinski definition) is 7. The second-order valence-corrected chi connectivity index (χ2v) is 4.82. The highest BCUT2D eigenvalue weighted by atomic mass is 16.5. The zero-order valence-corrected chi connectivity index (χ0v) is 10.3. The number of phenolic OH excluding ortho intramolecular Hbond substituents is 1. The fourth-order valence-corrected chi connectivity index (χ4v) is 2.73. The van der Waals surface area contributed by atoms with Crippen molar-refractivity contribution in [1.29, 1.82) is 0 Å². The molecule has 0 saturated carbocycles. The summed E-state index contributed by atoms with van der Waals surface area (Å²) in [4.78, 5) is 15.6. The van der Waals surface area contributed by atoms with Crippen LogP contribution in [-0.4, -0.2) is 17.3 Å². The molecular formula is C13H11N3O4. The fourth-order valence-electron chi connectivity index (χ4n) is 2.73. The van der Waals surface area contributed by atoms with Gasteiger partial charge >= 0.3 is 5.63 Å². The van der Waals surface area contributed by atoms with Crippen LogP contribution in [0.15, 0.2) is 32.4 Å². The summed E-state index contributed by atoms with van der Waals surface area (Å²) in [6.07, 6.45) is 0.202. The molecule has 0 saturated heterocycles. The lowest BCUT2D eigenvalue weighted by atomic mass is 9.95. The van der Waals surface area contributed by atoms with Crippen molar-refractivity contribution < 1.29 is 14.3 Å². The number of aromatic hydroxyl groups is 1. The van der Waals surface area contributed by atoms with Gasteiger partial charge in [-0.3, -0.25) is 0 Å². The van der Waals surface area contributed by atoms with E-state index in [2.05, 4.69) is 10.3 Å². The standard InChI is InChI=1S/C13H11N3O4/c14-13-15-6-3-9(16-13)19-8-4-7(17)5-1-2-10(18)20-12(5)11(6)8/h1-2,4,6,9,17H,3H2,(H3,14,15,16). The number of benzene rings is 1. The maximum absolute atomic E-state index is 11.5. The predicted molar refractivity (Wildman–Crippen MR) is 70.7 cm³/mol. The molecule has 2 aliphatic rings. The number of rotatable bonds is 0. The molecule has 2 aromatic rings. The van der Waals surface area contributed by atoms with Gasteiger partial charge in [0.25, 0.3) is 0 Å². The largest absolute Gasteiger partial charge is 0.507 e. The Labute approximate surface area is 112 Å². The predicted octanol–water partition coefficient (Wildman–Crippen LogP) is 0.566. The molecule has 0 spiro atoms. The second kappa shape index (κ2) is 3.66. The van der Waals surface area contributed by atoms with Gasteiger partial charge < -0.3 is 25.3 Å². The van der Waals surface area contributed by atoms with Crippen LogP contribution in [-0.2, 0) is 0 Å². The third-order valence-corrected chi connectivity index (χ3v) is 3.54. The number of ether oxygens (including phenoxy) is 1. The zero-order valence-electron chi connectivity index (χ0n) is 10.3.